The summed E-state index contributed by atoms with van der Waals surface area (Å²) in [5.74, 6) is 0. The van der Waals surface area contributed by atoms with Crippen LogP contribution in [0.3, 0.4) is 0 Å². The predicted octanol–water partition coefficient (Wildman–Crippen LogP) is 2.04. The average molecular weight is 233 g/mol. The lowest BCUT2D eigenvalue weighted by Gasteiger charge is -2.04. The molecule has 1 N–H and O–H groups in total. The van der Waals surface area contributed by atoms with Gasteiger partial charge >= 0.3 is 0 Å². The van der Waals surface area contributed by atoms with Crippen molar-refractivity contribution in [3.63, 3.8) is 0 Å². The van der Waals surface area contributed by atoms with Gasteiger partial charge in [0, 0.05) is 19.3 Å². The molecule has 17 heavy (non-hydrogen) atoms. The minimum Gasteiger partial charge on any atom is -0.377 e. The lowest BCUT2D eigenvalue weighted by atomic mass is 10.3. The first-order valence-corrected chi connectivity index (χ1v) is 6.03. The molecular weight excluding hydrogens is 214 g/mol. The molecule has 0 fully saturated rings. The summed E-state index contributed by atoms with van der Waals surface area (Å²) in [5, 5.41) is 12.1. The molecule has 0 radical (unpaired) electrons. The Kier molecular flexibility index (Phi) is 3.46. The average Bonchev–Trinajstić information content (AvgIpc) is 2.93. The van der Waals surface area contributed by atoms with Crippen molar-refractivity contribution in [1.29, 1.82) is 0 Å². The van der Waals surface area contributed by atoms with Crippen molar-refractivity contribution in [3.8, 4) is 0 Å². The van der Waals surface area contributed by atoms with Gasteiger partial charge in [-0.2, -0.15) is 10.2 Å². The number of aryl methyl sites for hydroxylation is 2. The van der Waals surface area contributed by atoms with Crippen LogP contribution in [0.1, 0.15) is 25.2 Å². The van der Waals surface area contributed by atoms with E-state index in [9.17, 15) is 0 Å². The zero-order valence-corrected chi connectivity index (χ0v) is 10.6. The first-order valence-electron chi connectivity index (χ1n) is 6.03. The first kappa shape index (κ1) is 11.7. The highest BCUT2D eigenvalue weighted by Crippen LogP contribution is 2.14. The van der Waals surface area contributed by atoms with E-state index < -0.39 is 0 Å². The Morgan fingerprint density at radius 3 is 2.71 bits per heavy atom. The first-order chi connectivity index (χ1) is 8.24. The zero-order chi connectivity index (χ0) is 12.3. The standard InChI is InChI=1S/C12H19N5/c1-4-16-7-6-11(15-16)8-13-12-9-14-17(5-2)10(12)3/h6-7,9,13H,4-5,8H2,1-3H3. The molecule has 0 aliphatic carbocycles. The van der Waals surface area contributed by atoms with E-state index in [0.29, 0.717) is 0 Å². The molecule has 0 aliphatic heterocycles. The molecule has 0 unspecified atom stereocenters. The Balaban J connectivity index is 1.99. The molecule has 0 aliphatic rings. The van der Waals surface area contributed by atoms with E-state index >= 15 is 0 Å². The maximum atomic E-state index is 4.43. The van der Waals surface area contributed by atoms with E-state index in [1.54, 1.807) is 0 Å². The van der Waals surface area contributed by atoms with Gasteiger partial charge in [0.25, 0.3) is 0 Å². The summed E-state index contributed by atoms with van der Waals surface area (Å²) >= 11 is 0. The molecule has 92 valence electrons. The molecule has 2 rings (SSSR count). The molecule has 2 aromatic heterocycles. The lowest BCUT2D eigenvalue weighted by Crippen LogP contribution is -2.04. The number of anilines is 1. The minimum absolute atomic E-state index is 0.739. The smallest absolute Gasteiger partial charge is 0.0815 e. The van der Waals surface area contributed by atoms with Crippen LogP contribution in [-0.2, 0) is 19.6 Å². The van der Waals surface area contributed by atoms with Gasteiger partial charge in [0.1, 0.15) is 0 Å². The van der Waals surface area contributed by atoms with E-state index in [2.05, 4.69) is 36.3 Å². The van der Waals surface area contributed by atoms with Crippen LogP contribution in [0, 0.1) is 6.92 Å². The number of hydrogen-bond acceptors (Lipinski definition) is 3. The summed E-state index contributed by atoms with van der Waals surface area (Å²) in [6, 6.07) is 2.04. The van der Waals surface area contributed by atoms with Crippen molar-refractivity contribution >= 4 is 5.69 Å². The van der Waals surface area contributed by atoms with Gasteiger partial charge in [-0.25, -0.2) is 0 Å². The van der Waals surface area contributed by atoms with Crippen LogP contribution in [0.2, 0.25) is 0 Å². The van der Waals surface area contributed by atoms with Crippen molar-refractivity contribution in [2.75, 3.05) is 5.32 Å². The number of nitrogens with one attached hydrogen (secondary N) is 1. The van der Waals surface area contributed by atoms with Gasteiger partial charge in [-0.1, -0.05) is 0 Å². The van der Waals surface area contributed by atoms with Crippen molar-refractivity contribution < 1.29 is 0 Å². The zero-order valence-electron chi connectivity index (χ0n) is 10.6. The van der Waals surface area contributed by atoms with Crippen molar-refractivity contribution in [1.82, 2.24) is 19.6 Å². The highest BCUT2D eigenvalue weighted by atomic mass is 15.3. The van der Waals surface area contributed by atoms with Gasteiger partial charge in [0.15, 0.2) is 0 Å². The largest absolute Gasteiger partial charge is 0.377 e. The maximum Gasteiger partial charge on any atom is 0.0815 e. The van der Waals surface area contributed by atoms with Crippen LogP contribution in [-0.4, -0.2) is 19.6 Å². The van der Waals surface area contributed by atoms with Gasteiger partial charge < -0.3 is 5.32 Å². The van der Waals surface area contributed by atoms with Crippen molar-refractivity contribution in [3.05, 3.63) is 29.8 Å². The van der Waals surface area contributed by atoms with E-state index in [-0.39, 0.29) is 0 Å². The lowest BCUT2D eigenvalue weighted by molar-refractivity contribution is 0.639. The van der Waals surface area contributed by atoms with Crippen LogP contribution in [0.15, 0.2) is 18.5 Å². The highest BCUT2D eigenvalue weighted by molar-refractivity contribution is 5.45. The molecular formula is C12H19N5. The number of hydrogen-bond donors (Lipinski definition) is 1. The third-order valence-electron chi connectivity index (χ3n) is 2.88. The van der Waals surface area contributed by atoms with Crippen molar-refractivity contribution in [2.24, 2.45) is 0 Å². The number of rotatable bonds is 5. The molecule has 0 saturated carbocycles. The summed E-state index contributed by atoms with van der Waals surface area (Å²) < 4.78 is 3.91. The van der Waals surface area contributed by atoms with E-state index in [0.717, 1.165) is 31.0 Å². The van der Waals surface area contributed by atoms with Crippen LogP contribution in [0.5, 0.6) is 0 Å². The van der Waals surface area contributed by atoms with Gasteiger partial charge in [-0.05, 0) is 26.8 Å². The second kappa shape index (κ2) is 5.03. The van der Waals surface area contributed by atoms with Gasteiger partial charge in [0.05, 0.1) is 29.8 Å². The quantitative estimate of drug-likeness (QED) is 0.859. The number of nitrogens with zero attached hydrogens (tertiary/aromatic N) is 4. The monoisotopic (exact) mass is 233 g/mol. The highest BCUT2D eigenvalue weighted by Gasteiger charge is 2.05. The molecule has 5 heteroatoms. The fraction of sp³-hybridized carbons (Fsp3) is 0.500. The van der Waals surface area contributed by atoms with Crippen LogP contribution in [0.25, 0.3) is 0 Å². The molecule has 0 bridgehead atoms. The maximum absolute atomic E-state index is 4.43. The molecule has 0 spiro atoms. The third kappa shape index (κ3) is 2.49. The Labute approximate surface area is 101 Å². The topological polar surface area (TPSA) is 47.7 Å². The Hall–Kier alpha value is -1.78. The molecule has 2 heterocycles. The van der Waals surface area contributed by atoms with E-state index in [1.165, 1.54) is 5.69 Å². The summed E-state index contributed by atoms with van der Waals surface area (Å²) in [6.07, 6.45) is 3.87. The summed E-state index contributed by atoms with van der Waals surface area (Å²) in [5.41, 5.74) is 3.30. The molecule has 0 saturated heterocycles. The Bertz CT molecular complexity index is 483. The van der Waals surface area contributed by atoms with Crippen LogP contribution < -0.4 is 5.32 Å². The summed E-state index contributed by atoms with van der Waals surface area (Å²) in [6.45, 7) is 8.80. The normalized spacial score (nSPS) is 10.8. The number of aromatic nitrogens is 4. The van der Waals surface area contributed by atoms with Crippen LogP contribution in [0.4, 0.5) is 5.69 Å². The second-order valence-corrected chi connectivity index (χ2v) is 3.98. The van der Waals surface area contributed by atoms with Crippen LogP contribution >= 0.6 is 0 Å². The van der Waals surface area contributed by atoms with Crippen molar-refractivity contribution in [2.45, 2.75) is 40.4 Å². The summed E-state index contributed by atoms with van der Waals surface area (Å²) in [4.78, 5) is 0. The molecule has 5 nitrogen and oxygen atoms in total. The fourth-order valence-electron chi connectivity index (χ4n) is 1.80. The molecule has 0 atom stereocenters. The fourth-order valence-corrected chi connectivity index (χ4v) is 1.80. The third-order valence-corrected chi connectivity index (χ3v) is 2.88. The van der Waals surface area contributed by atoms with E-state index in [4.69, 9.17) is 0 Å². The molecule has 2 aromatic rings. The van der Waals surface area contributed by atoms with Gasteiger partial charge in [0.2, 0.25) is 0 Å². The predicted molar refractivity (Wildman–Crippen MR) is 67.9 cm³/mol. The Morgan fingerprint density at radius 2 is 2.12 bits per heavy atom. The SMILES string of the molecule is CCn1ccc(CNc2cnn(CC)c2C)n1. The van der Waals surface area contributed by atoms with Gasteiger partial charge in [-0.15, -0.1) is 0 Å². The Morgan fingerprint density at radius 1 is 1.29 bits per heavy atom. The minimum atomic E-state index is 0.739. The van der Waals surface area contributed by atoms with Gasteiger partial charge in [-0.3, -0.25) is 9.36 Å². The molecule has 0 aromatic carbocycles. The molecule has 0 amide bonds. The summed E-state index contributed by atoms with van der Waals surface area (Å²) in [7, 11) is 0. The van der Waals surface area contributed by atoms with E-state index in [1.807, 2.05) is 27.8 Å². The second-order valence-electron chi connectivity index (χ2n) is 3.98.